The van der Waals surface area contributed by atoms with Crippen LogP contribution in [0.15, 0.2) is 65.7 Å². The molecule has 1 heterocycles. The summed E-state index contributed by atoms with van der Waals surface area (Å²) >= 11 is 0. The quantitative estimate of drug-likeness (QED) is 0.884. The molecule has 0 radical (unpaired) electrons. The fourth-order valence-corrected chi connectivity index (χ4v) is 2.53. The molecule has 2 aromatic carbocycles. The first-order valence-electron chi connectivity index (χ1n) is 6.47. The van der Waals surface area contributed by atoms with E-state index in [9.17, 15) is 4.79 Å². The lowest BCUT2D eigenvalue weighted by molar-refractivity contribution is -0.124. The fraction of sp³-hybridized carbons (Fsp3) is 0.125. The van der Waals surface area contributed by atoms with Crippen LogP contribution in [0.5, 0.6) is 0 Å². The molecular weight excluding hydrogens is 250 g/mol. The van der Waals surface area contributed by atoms with Crippen LogP contribution in [0.1, 0.15) is 11.1 Å². The van der Waals surface area contributed by atoms with Gasteiger partial charge in [0.2, 0.25) is 0 Å². The molecule has 0 fully saturated rings. The van der Waals surface area contributed by atoms with Gasteiger partial charge in [0.05, 0.1) is 0 Å². The van der Waals surface area contributed by atoms with Gasteiger partial charge in [-0.05, 0) is 11.1 Å². The van der Waals surface area contributed by atoms with Crippen molar-refractivity contribution in [3.8, 4) is 0 Å². The highest BCUT2D eigenvalue weighted by Crippen LogP contribution is 2.33. The Balaban J connectivity index is 2.08. The lowest BCUT2D eigenvalue weighted by Gasteiger charge is -2.24. The zero-order valence-corrected chi connectivity index (χ0v) is 10.9. The summed E-state index contributed by atoms with van der Waals surface area (Å²) in [4.78, 5) is 16.8. The van der Waals surface area contributed by atoms with Crippen LogP contribution in [0, 0.1) is 0 Å². The van der Waals surface area contributed by atoms with E-state index in [1.54, 1.807) is 0 Å². The summed E-state index contributed by atoms with van der Waals surface area (Å²) in [5, 5.41) is 2.62. The van der Waals surface area contributed by atoms with Crippen molar-refractivity contribution in [1.82, 2.24) is 5.32 Å². The Labute approximate surface area is 117 Å². The third kappa shape index (κ3) is 2.05. The Kier molecular flexibility index (Phi) is 2.99. The molecule has 1 amide bonds. The van der Waals surface area contributed by atoms with E-state index >= 15 is 0 Å². The number of carbonyl (C=O) groups is 1. The van der Waals surface area contributed by atoms with Crippen LogP contribution < -0.4 is 11.1 Å². The van der Waals surface area contributed by atoms with Crippen LogP contribution in [-0.2, 0) is 16.8 Å². The van der Waals surface area contributed by atoms with Crippen LogP contribution in [0.25, 0.3) is 0 Å². The number of hydrogen-bond donors (Lipinski definition) is 2. The first kappa shape index (κ1) is 12.4. The standard InChI is InChI=1S/C16H15N3O/c17-15-18-14(20)16(19-15,13-9-5-2-6-10-13)11-12-7-3-1-4-8-12/h1-10H,11H2,(H3,17,18,19,20)/t16-/m0/s1. The number of nitrogens with zero attached hydrogens (tertiary/aromatic N) is 1. The predicted octanol–water partition coefficient (Wildman–Crippen LogP) is 1.57. The monoisotopic (exact) mass is 265 g/mol. The second-order valence-corrected chi connectivity index (χ2v) is 4.84. The van der Waals surface area contributed by atoms with E-state index in [-0.39, 0.29) is 11.9 Å². The van der Waals surface area contributed by atoms with Crippen molar-refractivity contribution < 1.29 is 4.79 Å². The van der Waals surface area contributed by atoms with Crippen molar-refractivity contribution in [3.63, 3.8) is 0 Å². The fourth-order valence-electron chi connectivity index (χ4n) is 2.53. The third-order valence-corrected chi connectivity index (χ3v) is 3.48. The van der Waals surface area contributed by atoms with E-state index in [0.29, 0.717) is 6.42 Å². The minimum Gasteiger partial charge on any atom is -0.370 e. The van der Waals surface area contributed by atoms with E-state index < -0.39 is 5.54 Å². The largest absolute Gasteiger partial charge is 0.370 e. The molecule has 2 aromatic rings. The minimum absolute atomic E-state index is 0.176. The summed E-state index contributed by atoms with van der Waals surface area (Å²) in [6.07, 6.45) is 0.490. The van der Waals surface area contributed by atoms with Gasteiger partial charge in [0.25, 0.3) is 5.91 Å². The van der Waals surface area contributed by atoms with Crippen molar-refractivity contribution in [3.05, 3.63) is 71.8 Å². The molecule has 0 aromatic heterocycles. The second-order valence-electron chi connectivity index (χ2n) is 4.84. The maximum absolute atomic E-state index is 12.4. The van der Waals surface area contributed by atoms with E-state index in [0.717, 1.165) is 11.1 Å². The van der Waals surface area contributed by atoms with Crippen LogP contribution in [0.4, 0.5) is 0 Å². The van der Waals surface area contributed by atoms with Gasteiger partial charge in [-0.1, -0.05) is 60.7 Å². The summed E-state index contributed by atoms with van der Waals surface area (Å²) in [6, 6.07) is 19.4. The lowest BCUT2D eigenvalue weighted by atomic mass is 9.84. The SMILES string of the molecule is NC1=N[C@@](Cc2ccccc2)(c2ccccc2)C(=O)N1. The number of amides is 1. The third-order valence-electron chi connectivity index (χ3n) is 3.48. The first-order chi connectivity index (χ1) is 9.71. The summed E-state index contributed by atoms with van der Waals surface area (Å²) in [5.74, 6) is -0.000151. The molecule has 0 unspecified atom stereocenters. The molecule has 4 heteroatoms. The van der Waals surface area contributed by atoms with E-state index in [4.69, 9.17) is 5.73 Å². The second kappa shape index (κ2) is 4.81. The van der Waals surface area contributed by atoms with E-state index in [1.807, 2.05) is 60.7 Å². The van der Waals surface area contributed by atoms with Gasteiger partial charge in [-0.2, -0.15) is 0 Å². The number of rotatable bonds is 3. The summed E-state index contributed by atoms with van der Waals surface area (Å²) in [6.45, 7) is 0. The summed E-state index contributed by atoms with van der Waals surface area (Å²) in [7, 11) is 0. The van der Waals surface area contributed by atoms with Gasteiger partial charge in [-0.25, -0.2) is 4.99 Å². The van der Waals surface area contributed by atoms with Crippen molar-refractivity contribution in [2.75, 3.05) is 0 Å². The molecule has 0 saturated heterocycles. The van der Waals surface area contributed by atoms with Crippen LogP contribution >= 0.6 is 0 Å². The van der Waals surface area contributed by atoms with Gasteiger partial charge in [-0.3, -0.25) is 10.1 Å². The Bertz CT molecular complexity index is 652. The maximum atomic E-state index is 12.4. The number of nitrogens with two attached hydrogens (primary N) is 1. The molecule has 20 heavy (non-hydrogen) atoms. The molecule has 0 saturated carbocycles. The van der Waals surface area contributed by atoms with Gasteiger partial charge in [0, 0.05) is 6.42 Å². The van der Waals surface area contributed by atoms with E-state index in [1.165, 1.54) is 0 Å². The first-order valence-corrected chi connectivity index (χ1v) is 6.47. The number of aliphatic imine (C=N–C) groups is 1. The molecule has 0 bridgehead atoms. The Hall–Kier alpha value is -2.62. The van der Waals surface area contributed by atoms with Gasteiger partial charge in [0.1, 0.15) is 0 Å². The topological polar surface area (TPSA) is 67.5 Å². The molecule has 1 aliphatic rings. The van der Waals surface area contributed by atoms with Crippen LogP contribution in [-0.4, -0.2) is 11.9 Å². The molecule has 1 aliphatic heterocycles. The highest BCUT2D eigenvalue weighted by Gasteiger charge is 2.44. The zero-order valence-electron chi connectivity index (χ0n) is 10.9. The van der Waals surface area contributed by atoms with Gasteiger partial charge in [-0.15, -0.1) is 0 Å². The number of carbonyl (C=O) groups excluding carboxylic acids is 1. The molecular formula is C16H15N3O. The Morgan fingerprint density at radius 2 is 1.60 bits per heavy atom. The van der Waals surface area contributed by atoms with Crippen molar-refractivity contribution in [2.24, 2.45) is 10.7 Å². The molecule has 0 aliphatic carbocycles. The molecule has 3 rings (SSSR count). The van der Waals surface area contributed by atoms with Crippen LogP contribution in [0.2, 0.25) is 0 Å². The number of hydrogen-bond acceptors (Lipinski definition) is 3. The Morgan fingerprint density at radius 3 is 2.15 bits per heavy atom. The highest BCUT2D eigenvalue weighted by molar-refractivity contribution is 6.07. The molecule has 3 N–H and O–H groups in total. The number of nitrogens with one attached hydrogen (secondary N) is 1. The number of benzene rings is 2. The van der Waals surface area contributed by atoms with Gasteiger partial charge in [0.15, 0.2) is 11.5 Å². The Morgan fingerprint density at radius 1 is 1.00 bits per heavy atom. The van der Waals surface area contributed by atoms with E-state index in [2.05, 4.69) is 10.3 Å². The predicted molar refractivity (Wildman–Crippen MR) is 78.0 cm³/mol. The van der Waals surface area contributed by atoms with Gasteiger partial charge < -0.3 is 5.73 Å². The molecule has 1 atom stereocenters. The van der Waals surface area contributed by atoms with Crippen molar-refractivity contribution in [2.45, 2.75) is 12.0 Å². The summed E-state index contributed by atoms with van der Waals surface area (Å²) in [5.41, 5.74) is 6.64. The maximum Gasteiger partial charge on any atom is 0.259 e. The zero-order chi connectivity index (χ0) is 14.0. The lowest BCUT2D eigenvalue weighted by Crippen LogP contribution is -2.40. The smallest absolute Gasteiger partial charge is 0.259 e. The average Bonchev–Trinajstić information content (AvgIpc) is 2.76. The van der Waals surface area contributed by atoms with Crippen molar-refractivity contribution in [1.29, 1.82) is 0 Å². The highest BCUT2D eigenvalue weighted by atomic mass is 16.2. The normalized spacial score (nSPS) is 21.4. The molecule has 0 spiro atoms. The van der Waals surface area contributed by atoms with Crippen LogP contribution in [0.3, 0.4) is 0 Å². The van der Waals surface area contributed by atoms with Crippen molar-refractivity contribution >= 4 is 11.9 Å². The average molecular weight is 265 g/mol. The molecule has 100 valence electrons. The number of guanidine groups is 1. The van der Waals surface area contributed by atoms with Gasteiger partial charge >= 0.3 is 0 Å². The molecule has 4 nitrogen and oxygen atoms in total. The minimum atomic E-state index is -0.966. The summed E-state index contributed by atoms with van der Waals surface area (Å²) < 4.78 is 0.